The first kappa shape index (κ1) is 22.8. The molecule has 31 heavy (non-hydrogen) atoms. The maximum Gasteiger partial charge on any atom is 0.306 e. The molecule has 1 aliphatic rings. The fourth-order valence-electron chi connectivity index (χ4n) is 3.98. The fraction of sp³-hybridized carbons (Fsp3) is 0.440. The molecule has 0 aromatic heterocycles. The maximum absolute atomic E-state index is 12.4. The largest absolute Gasteiger partial charge is 0.466 e. The molecule has 0 unspecified atom stereocenters. The summed E-state index contributed by atoms with van der Waals surface area (Å²) in [5.74, 6) is -0.457. The Morgan fingerprint density at radius 2 is 1.77 bits per heavy atom. The molecule has 3 rings (SSSR count). The van der Waals surface area contributed by atoms with Gasteiger partial charge in [-0.2, -0.15) is 0 Å². The van der Waals surface area contributed by atoms with Crippen molar-refractivity contribution in [3.8, 4) is 0 Å². The normalized spacial score (nSPS) is 14.4. The number of esters is 1. The number of hydrogen-bond acceptors (Lipinski definition) is 5. The van der Waals surface area contributed by atoms with Crippen LogP contribution < -0.4 is 10.2 Å². The van der Waals surface area contributed by atoms with Crippen LogP contribution >= 0.6 is 0 Å². The Labute approximate surface area is 185 Å². The topological polar surface area (TPSA) is 61.9 Å². The monoisotopic (exact) mass is 423 g/mol. The number of nitrogens with one attached hydrogen (secondary N) is 1. The summed E-state index contributed by atoms with van der Waals surface area (Å²) in [6.45, 7) is 4.40. The Kier molecular flexibility index (Phi) is 8.06. The molecule has 0 bridgehead atoms. The highest BCUT2D eigenvalue weighted by atomic mass is 16.5. The minimum absolute atomic E-state index is 0.0658. The summed E-state index contributed by atoms with van der Waals surface area (Å²) < 4.78 is 4.91. The number of fused-ring (bicyclic) bond motifs is 1. The van der Waals surface area contributed by atoms with Gasteiger partial charge in [0.2, 0.25) is 5.91 Å². The van der Waals surface area contributed by atoms with Crippen molar-refractivity contribution in [1.82, 2.24) is 10.2 Å². The van der Waals surface area contributed by atoms with Crippen LogP contribution in [0.2, 0.25) is 0 Å². The van der Waals surface area contributed by atoms with Crippen LogP contribution in [-0.2, 0) is 27.3 Å². The Balaban J connectivity index is 1.70. The van der Waals surface area contributed by atoms with Crippen LogP contribution in [0.15, 0.2) is 48.5 Å². The summed E-state index contributed by atoms with van der Waals surface area (Å²) in [6, 6.07) is 17.1. The van der Waals surface area contributed by atoms with E-state index < -0.39 is 0 Å². The van der Waals surface area contributed by atoms with Crippen molar-refractivity contribution < 1.29 is 14.3 Å². The highest BCUT2D eigenvalue weighted by Gasteiger charge is 2.25. The fourth-order valence-corrected chi connectivity index (χ4v) is 3.98. The minimum Gasteiger partial charge on any atom is -0.466 e. The second-order valence-electron chi connectivity index (χ2n) is 8.10. The Hall–Kier alpha value is -2.86. The number of amides is 1. The van der Waals surface area contributed by atoms with Gasteiger partial charge in [0.05, 0.1) is 19.1 Å². The van der Waals surface area contributed by atoms with Gasteiger partial charge in [-0.3, -0.25) is 14.5 Å². The molecule has 1 N–H and O–H groups in total. The van der Waals surface area contributed by atoms with Crippen molar-refractivity contribution in [2.24, 2.45) is 0 Å². The van der Waals surface area contributed by atoms with E-state index in [0.29, 0.717) is 13.2 Å². The average molecular weight is 424 g/mol. The molecular weight excluding hydrogens is 390 g/mol. The number of ether oxygens (including phenoxy) is 1. The van der Waals surface area contributed by atoms with Crippen molar-refractivity contribution in [2.45, 2.75) is 38.8 Å². The highest BCUT2D eigenvalue weighted by Crippen LogP contribution is 2.28. The van der Waals surface area contributed by atoms with E-state index in [4.69, 9.17) is 4.74 Å². The predicted octanol–water partition coefficient (Wildman–Crippen LogP) is 3.31. The third-order valence-corrected chi connectivity index (χ3v) is 5.75. The SMILES string of the molecule is CCOC(=O)CCC(=O)NC[C@@H](c1ccc(N(C)C)cc1)N1CCc2ccccc2C1. The summed E-state index contributed by atoms with van der Waals surface area (Å²) in [4.78, 5) is 28.4. The molecule has 6 heteroatoms. The summed E-state index contributed by atoms with van der Waals surface area (Å²) in [7, 11) is 4.05. The van der Waals surface area contributed by atoms with E-state index in [-0.39, 0.29) is 30.8 Å². The van der Waals surface area contributed by atoms with Crippen molar-refractivity contribution in [3.05, 3.63) is 65.2 Å². The lowest BCUT2D eigenvalue weighted by Crippen LogP contribution is -2.40. The zero-order valence-electron chi connectivity index (χ0n) is 18.8. The van der Waals surface area contributed by atoms with E-state index in [9.17, 15) is 9.59 Å². The molecule has 0 spiro atoms. The van der Waals surface area contributed by atoms with E-state index >= 15 is 0 Å². The molecular formula is C25H33N3O3. The van der Waals surface area contributed by atoms with Gasteiger partial charge in [0.25, 0.3) is 0 Å². The molecule has 166 valence electrons. The second-order valence-corrected chi connectivity index (χ2v) is 8.10. The van der Waals surface area contributed by atoms with Crippen molar-refractivity contribution in [1.29, 1.82) is 0 Å². The lowest BCUT2D eigenvalue weighted by atomic mass is 9.96. The lowest BCUT2D eigenvalue weighted by Gasteiger charge is -2.36. The number of anilines is 1. The van der Waals surface area contributed by atoms with Crippen LogP contribution in [0.1, 0.15) is 42.5 Å². The summed E-state index contributed by atoms with van der Waals surface area (Å²) in [6.07, 6.45) is 1.26. The van der Waals surface area contributed by atoms with E-state index in [0.717, 1.165) is 25.2 Å². The van der Waals surface area contributed by atoms with Gasteiger partial charge in [0.15, 0.2) is 0 Å². The molecule has 2 aromatic carbocycles. The predicted molar refractivity (Wildman–Crippen MR) is 123 cm³/mol. The maximum atomic E-state index is 12.4. The highest BCUT2D eigenvalue weighted by molar-refractivity contribution is 5.81. The van der Waals surface area contributed by atoms with E-state index in [2.05, 4.69) is 63.6 Å². The summed E-state index contributed by atoms with van der Waals surface area (Å²) >= 11 is 0. The number of rotatable bonds is 9. The molecule has 0 radical (unpaired) electrons. The van der Waals surface area contributed by atoms with Crippen LogP contribution in [0.25, 0.3) is 0 Å². The third-order valence-electron chi connectivity index (χ3n) is 5.75. The number of carbonyl (C=O) groups is 2. The van der Waals surface area contributed by atoms with Gasteiger partial charge < -0.3 is 15.0 Å². The van der Waals surface area contributed by atoms with E-state index in [1.807, 2.05) is 14.1 Å². The van der Waals surface area contributed by atoms with E-state index in [1.165, 1.54) is 16.7 Å². The molecule has 1 amide bonds. The van der Waals surface area contributed by atoms with Crippen LogP contribution in [0, 0.1) is 0 Å². The molecule has 1 aliphatic heterocycles. The second kappa shape index (κ2) is 11.0. The average Bonchev–Trinajstić information content (AvgIpc) is 2.78. The van der Waals surface area contributed by atoms with Gasteiger partial charge in [-0.15, -0.1) is 0 Å². The van der Waals surface area contributed by atoms with Crippen molar-refractivity contribution in [2.75, 3.05) is 38.7 Å². The zero-order chi connectivity index (χ0) is 22.2. The lowest BCUT2D eigenvalue weighted by molar-refractivity contribution is -0.144. The van der Waals surface area contributed by atoms with E-state index in [1.54, 1.807) is 6.92 Å². The van der Waals surface area contributed by atoms with Crippen LogP contribution in [0.5, 0.6) is 0 Å². The summed E-state index contributed by atoms with van der Waals surface area (Å²) in [5, 5.41) is 3.04. The van der Waals surface area contributed by atoms with Crippen LogP contribution in [0.3, 0.4) is 0 Å². The quantitative estimate of drug-likeness (QED) is 0.627. The summed E-state index contributed by atoms with van der Waals surface area (Å²) in [5.41, 5.74) is 5.07. The van der Waals surface area contributed by atoms with Gasteiger partial charge in [-0.05, 0) is 42.2 Å². The molecule has 6 nitrogen and oxygen atoms in total. The van der Waals surface area contributed by atoms with Gasteiger partial charge in [0.1, 0.15) is 0 Å². The molecule has 1 heterocycles. The third kappa shape index (κ3) is 6.31. The van der Waals surface area contributed by atoms with Crippen molar-refractivity contribution >= 4 is 17.6 Å². The molecule has 1 atom stereocenters. The van der Waals surface area contributed by atoms with Crippen LogP contribution in [-0.4, -0.2) is 50.6 Å². The molecule has 0 saturated carbocycles. The molecule has 0 fully saturated rings. The first-order chi connectivity index (χ1) is 15.0. The standard InChI is InChI=1S/C25H33N3O3/c1-4-31-25(30)14-13-24(29)26-17-23(20-9-11-22(12-10-20)27(2)3)28-16-15-19-7-5-6-8-21(19)18-28/h5-12,23H,4,13-18H2,1-3H3,(H,26,29)/t23-/m0/s1. The Morgan fingerprint density at radius 3 is 2.45 bits per heavy atom. The Bertz CT molecular complexity index is 880. The van der Waals surface area contributed by atoms with Gasteiger partial charge in [-0.25, -0.2) is 0 Å². The molecule has 0 saturated heterocycles. The number of carbonyl (C=O) groups excluding carboxylic acids is 2. The van der Waals surface area contributed by atoms with Crippen molar-refractivity contribution in [3.63, 3.8) is 0 Å². The first-order valence-corrected chi connectivity index (χ1v) is 11.0. The van der Waals surface area contributed by atoms with Crippen LogP contribution in [0.4, 0.5) is 5.69 Å². The Morgan fingerprint density at radius 1 is 1.06 bits per heavy atom. The number of hydrogen-bond donors (Lipinski definition) is 1. The molecule has 0 aliphatic carbocycles. The number of benzene rings is 2. The zero-order valence-corrected chi connectivity index (χ0v) is 18.8. The molecule has 2 aromatic rings. The van der Waals surface area contributed by atoms with Gasteiger partial charge >= 0.3 is 5.97 Å². The first-order valence-electron chi connectivity index (χ1n) is 11.0. The minimum atomic E-state index is -0.332. The van der Waals surface area contributed by atoms with Gasteiger partial charge in [-0.1, -0.05) is 36.4 Å². The smallest absolute Gasteiger partial charge is 0.306 e. The number of nitrogens with zero attached hydrogens (tertiary/aromatic N) is 2. The van der Waals surface area contributed by atoms with Gasteiger partial charge in [0, 0.05) is 45.8 Å².